The van der Waals surface area contributed by atoms with E-state index in [1.807, 2.05) is 27.7 Å². The topological polar surface area (TPSA) is 57.5 Å². The summed E-state index contributed by atoms with van der Waals surface area (Å²) in [6.45, 7) is 14.7. The molecule has 0 saturated heterocycles. The monoisotopic (exact) mass is 278 g/mol. The van der Waals surface area contributed by atoms with Crippen LogP contribution in [0.15, 0.2) is 0 Å². The van der Waals surface area contributed by atoms with Crippen LogP contribution in [0.2, 0.25) is 0 Å². The number of hydrogen-bond acceptors (Lipinski definition) is 3. The van der Waals surface area contributed by atoms with Crippen LogP contribution in [-0.4, -0.2) is 31.7 Å². The van der Waals surface area contributed by atoms with Crippen LogP contribution >= 0.6 is 7.80 Å². The lowest BCUT2D eigenvalue weighted by Gasteiger charge is -2.40. The van der Waals surface area contributed by atoms with Gasteiger partial charge in [-0.15, -0.1) is 0 Å². The van der Waals surface area contributed by atoms with E-state index >= 15 is 0 Å². The summed E-state index contributed by atoms with van der Waals surface area (Å²) in [6.07, 6.45) is 0.986. The Morgan fingerprint density at radius 2 is 0.944 bits per heavy atom. The highest BCUT2D eigenvalue weighted by molar-refractivity contribution is 7.48. The average molecular weight is 278 g/mol. The summed E-state index contributed by atoms with van der Waals surface area (Å²) >= 11 is 0. The minimum atomic E-state index is -1.98. The maximum Gasteiger partial charge on any atom is 0.0870 e. The van der Waals surface area contributed by atoms with Crippen molar-refractivity contribution >= 4 is 7.80 Å². The van der Waals surface area contributed by atoms with Gasteiger partial charge < -0.3 is 14.8 Å². The summed E-state index contributed by atoms with van der Waals surface area (Å²) in [7, 11) is -1.98. The van der Waals surface area contributed by atoms with Gasteiger partial charge in [0.15, 0.2) is 0 Å². The maximum absolute atomic E-state index is 12.8. The number of rotatable bonds is 6. The second-order valence-corrected chi connectivity index (χ2v) is 11.4. The SMILES string of the molecule is CC(C)(O)CC(C)(C)[PH](=O)C(C)(C)CC(C)(C)O. The van der Waals surface area contributed by atoms with Crippen molar-refractivity contribution in [3.63, 3.8) is 0 Å². The van der Waals surface area contributed by atoms with E-state index in [4.69, 9.17) is 0 Å². The molecule has 0 heterocycles. The summed E-state index contributed by atoms with van der Waals surface area (Å²) in [4.78, 5) is 0. The molecule has 0 amide bonds. The third-order valence-corrected chi connectivity index (χ3v) is 5.79. The van der Waals surface area contributed by atoms with Gasteiger partial charge in [-0.25, -0.2) is 0 Å². The van der Waals surface area contributed by atoms with Crippen LogP contribution in [0.1, 0.15) is 68.2 Å². The molecule has 0 bridgehead atoms. The fourth-order valence-corrected chi connectivity index (χ4v) is 6.26. The first-order valence-corrected chi connectivity index (χ1v) is 7.97. The average Bonchev–Trinajstić information content (AvgIpc) is 1.92. The normalized spacial score (nSPS) is 15.3. The molecule has 0 radical (unpaired) electrons. The molecular weight excluding hydrogens is 247 g/mol. The molecule has 0 rings (SSSR count). The zero-order chi connectivity index (χ0) is 15.0. The summed E-state index contributed by atoms with van der Waals surface area (Å²) in [5.41, 5.74) is -1.65. The van der Waals surface area contributed by atoms with Gasteiger partial charge in [-0.05, 0) is 40.5 Å². The van der Waals surface area contributed by atoms with Gasteiger partial charge in [-0.3, -0.25) is 0 Å². The van der Waals surface area contributed by atoms with Gasteiger partial charge >= 0.3 is 0 Å². The Labute approximate surface area is 113 Å². The molecule has 0 unspecified atom stereocenters. The van der Waals surface area contributed by atoms with E-state index < -0.39 is 29.3 Å². The zero-order valence-electron chi connectivity index (χ0n) is 13.2. The summed E-state index contributed by atoms with van der Waals surface area (Å²) < 4.78 is 12.8. The molecule has 0 spiro atoms. The van der Waals surface area contributed by atoms with Crippen molar-refractivity contribution in [2.75, 3.05) is 0 Å². The third-order valence-electron chi connectivity index (χ3n) is 2.98. The van der Waals surface area contributed by atoms with Gasteiger partial charge in [0.25, 0.3) is 0 Å². The van der Waals surface area contributed by atoms with E-state index in [0.29, 0.717) is 12.8 Å². The first kappa shape index (κ1) is 18.1. The zero-order valence-corrected chi connectivity index (χ0v) is 14.2. The molecule has 2 N–H and O–H groups in total. The maximum atomic E-state index is 12.8. The van der Waals surface area contributed by atoms with Crippen molar-refractivity contribution in [2.24, 2.45) is 0 Å². The van der Waals surface area contributed by atoms with Crippen LogP contribution in [0.5, 0.6) is 0 Å². The summed E-state index contributed by atoms with van der Waals surface area (Å²) in [6, 6.07) is 0. The highest BCUT2D eigenvalue weighted by atomic mass is 31.1. The molecular formula is C14H31O3P. The van der Waals surface area contributed by atoms with Crippen molar-refractivity contribution in [3.05, 3.63) is 0 Å². The molecule has 0 aliphatic rings. The van der Waals surface area contributed by atoms with Gasteiger partial charge in [0, 0.05) is 10.3 Å². The fraction of sp³-hybridized carbons (Fsp3) is 1.00. The van der Waals surface area contributed by atoms with E-state index in [2.05, 4.69) is 0 Å². The van der Waals surface area contributed by atoms with Crippen LogP contribution in [0, 0.1) is 0 Å². The predicted molar refractivity (Wildman–Crippen MR) is 79.0 cm³/mol. The lowest BCUT2D eigenvalue weighted by Crippen LogP contribution is -2.37. The number of hydrogen-bond donors (Lipinski definition) is 2. The van der Waals surface area contributed by atoms with Crippen LogP contribution in [0.4, 0.5) is 0 Å². The molecule has 0 fully saturated rings. The fourth-order valence-electron chi connectivity index (χ4n) is 3.24. The van der Waals surface area contributed by atoms with Gasteiger partial charge in [0.2, 0.25) is 0 Å². The van der Waals surface area contributed by atoms with E-state index in [0.717, 1.165) is 0 Å². The summed E-state index contributed by atoms with van der Waals surface area (Å²) in [5.74, 6) is 0. The van der Waals surface area contributed by atoms with Gasteiger partial charge in [-0.2, -0.15) is 0 Å². The van der Waals surface area contributed by atoms with Gasteiger partial charge in [-0.1, -0.05) is 27.7 Å². The Morgan fingerprint density at radius 1 is 0.722 bits per heavy atom. The van der Waals surface area contributed by atoms with E-state index in [1.54, 1.807) is 27.7 Å². The molecule has 0 aliphatic carbocycles. The largest absolute Gasteiger partial charge is 0.390 e. The molecule has 0 aromatic heterocycles. The Bertz CT molecular complexity index is 276. The number of aliphatic hydroxyl groups is 2. The van der Waals surface area contributed by atoms with E-state index in [1.165, 1.54) is 0 Å². The highest BCUT2D eigenvalue weighted by Gasteiger charge is 2.42. The van der Waals surface area contributed by atoms with Crippen LogP contribution < -0.4 is 0 Å². The molecule has 0 atom stereocenters. The van der Waals surface area contributed by atoms with Crippen LogP contribution in [0.25, 0.3) is 0 Å². The molecule has 0 aromatic carbocycles. The van der Waals surface area contributed by atoms with Crippen LogP contribution in [0.3, 0.4) is 0 Å². The summed E-state index contributed by atoms with van der Waals surface area (Å²) in [5, 5.41) is 19.0. The molecule has 0 aliphatic heterocycles. The van der Waals surface area contributed by atoms with Crippen molar-refractivity contribution < 1.29 is 14.8 Å². The second-order valence-electron chi connectivity index (χ2n) is 8.08. The van der Waals surface area contributed by atoms with Crippen molar-refractivity contribution in [3.8, 4) is 0 Å². The Hall–Kier alpha value is 0.150. The lowest BCUT2D eigenvalue weighted by atomic mass is 9.95. The predicted octanol–water partition coefficient (Wildman–Crippen LogP) is 3.43. The molecule has 0 saturated carbocycles. The minimum absolute atomic E-state index is 0.419. The van der Waals surface area contributed by atoms with Crippen molar-refractivity contribution in [1.82, 2.24) is 0 Å². The first-order chi connectivity index (χ1) is 7.57. The Balaban J connectivity index is 5.02. The third kappa shape index (κ3) is 6.36. The second kappa shape index (κ2) is 5.26. The van der Waals surface area contributed by atoms with E-state index in [9.17, 15) is 14.8 Å². The molecule has 18 heavy (non-hydrogen) atoms. The van der Waals surface area contributed by atoms with Crippen molar-refractivity contribution in [2.45, 2.75) is 89.7 Å². The molecule has 3 nitrogen and oxygen atoms in total. The van der Waals surface area contributed by atoms with Gasteiger partial charge in [0.05, 0.1) is 19.0 Å². The van der Waals surface area contributed by atoms with Crippen molar-refractivity contribution in [1.29, 1.82) is 0 Å². The first-order valence-electron chi connectivity index (χ1n) is 6.57. The van der Waals surface area contributed by atoms with Gasteiger partial charge in [0.1, 0.15) is 0 Å². The smallest absolute Gasteiger partial charge is 0.0870 e. The molecule has 4 heteroatoms. The van der Waals surface area contributed by atoms with Crippen LogP contribution in [-0.2, 0) is 4.57 Å². The Morgan fingerprint density at radius 3 is 1.11 bits per heavy atom. The minimum Gasteiger partial charge on any atom is -0.390 e. The molecule has 110 valence electrons. The molecule has 0 aromatic rings. The Kier molecular flexibility index (Phi) is 5.31. The lowest BCUT2D eigenvalue weighted by molar-refractivity contribution is 0.0574. The van der Waals surface area contributed by atoms with E-state index in [-0.39, 0.29) is 0 Å². The highest BCUT2D eigenvalue weighted by Crippen LogP contribution is 2.55. The standard InChI is InChI=1S/C14H31O3P/c1-11(2,15)9-13(5,6)18(17)14(7,8)10-12(3,4)16/h15-16,18H,9-10H2,1-8H3. The quantitative estimate of drug-likeness (QED) is 0.732.